The summed E-state index contributed by atoms with van der Waals surface area (Å²) < 4.78 is 13.5. The summed E-state index contributed by atoms with van der Waals surface area (Å²) in [5.41, 5.74) is 1.65. The van der Waals surface area contributed by atoms with E-state index in [4.69, 9.17) is 11.6 Å². The summed E-state index contributed by atoms with van der Waals surface area (Å²) in [5, 5.41) is -0.186. The molecule has 18 heavy (non-hydrogen) atoms. The molecule has 0 N–H and O–H groups in total. The Bertz CT molecular complexity index is 567. The second-order valence-electron chi connectivity index (χ2n) is 4.02. The van der Waals surface area contributed by atoms with Gasteiger partial charge in [0.1, 0.15) is 11.3 Å². The van der Waals surface area contributed by atoms with Gasteiger partial charge in [0.25, 0.3) is 0 Å². The maximum atomic E-state index is 11.5. The Morgan fingerprint density at radius 3 is 3.00 bits per heavy atom. The van der Waals surface area contributed by atoms with Gasteiger partial charge in [0, 0.05) is 35.0 Å². The normalized spacial score (nSPS) is 14.8. The van der Waals surface area contributed by atoms with Gasteiger partial charge in [-0.25, -0.2) is 9.97 Å². The number of aryl methyl sites for hydroxylation is 1. The van der Waals surface area contributed by atoms with Crippen molar-refractivity contribution in [2.45, 2.75) is 25.8 Å². The molecule has 0 saturated heterocycles. The van der Waals surface area contributed by atoms with Crippen LogP contribution in [0.3, 0.4) is 0 Å². The van der Waals surface area contributed by atoms with E-state index in [-0.39, 0.29) is 5.38 Å². The monoisotopic (exact) mass is 285 g/mol. The highest BCUT2D eigenvalue weighted by atomic mass is 35.5. The minimum Gasteiger partial charge on any atom is -0.311 e. The summed E-state index contributed by atoms with van der Waals surface area (Å²) in [6.45, 7) is 4.45. The molecule has 0 aromatic carbocycles. The van der Waals surface area contributed by atoms with Gasteiger partial charge in [0.15, 0.2) is 5.65 Å². The summed E-state index contributed by atoms with van der Waals surface area (Å²) in [4.78, 5) is 8.82. The van der Waals surface area contributed by atoms with Crippen molar-refractivity contribution in [3.8, 4) is 0 Å². The largest absolute Gasteiger partial charge is 0.311 e. The molecule has 0 spiro atoms. The third-order valence-electron chi connectivity index (χ3n) is 2.75. The molecule has 2 heterocycles. The van der Waals surface area contributed by atoms with E-state index < -0.39 is 10.8 Å². The van der Waals surface area contributed by atoms with E-state index in [1.165, 1.54) is 0 Å². The van der Waals surface area contributed by atoms with Gasteiger partial charge in [0.05, 0.1) is 5.38 Å². The van der Waals surface area contributed by atoms with E-state index >= 15 is 0 Å². The van der Waals surface area contributed by atoms with Crippen LogP contribution >= 0.6 is 11.6 Å². The smallest absolute Gasteiger partial charge is 0.160 e. The van der Waals surface area contributed by atoms with Gasteiger partial charge in [-0.05, 0) is 19.1 Å². The third-order valence-corrected chi connectivity index (χ3v) is 4.23. The van der Waals surface area contributed by atoms with Crippen LogP contribution < -0.4 is 0 Å². The predicted octanol–water partition coefficient (Wildman–Crippen LogP) is 2.50. The third kappa shape index (κ3) is 2.72. The molecule has 98 valence electrons. The molecule has 2 aromatic rings. The van der Waals surface area contributed by atoms with Crippen molar-refractivity contribution in [3.05, 3.63) is 24.2 Å². The lowest BCUT2D eigenvalue weighted by atomic mass is 10.4. The van der Waals surface area contributed by atoms with Crippen LogP contribution in [0.2, 0.25) is 0 Å². The van der Waals surface area contributed by atoms with E-state index in [1.54, 1.807) is 6.20 Å². The number of alkyl halides is 1. The summed E-state index contributed by atoms with van der Waals surface area (Å²) in [7, 11) is -0.795. The van der Waals surface area contributed by atoms with Crippen molar-refractivity contribution >= 4 is 33.6 Å². The first kappa shape index (κ1) is 13.5. The molecule has 2 aromatic heterocycles. The highest BCUT2D eigenvalue weighted by molar-refractivity contribution is 7.84. The van der Waals surface area contributed by atoms with Crippen LogP contribution in [0, 0.1) is 0 Å². The summed E-state index contributed by atoms with van der Waals surface area (Å²) in [5.74, 6) is 2.07. The molecule has 0 radical (unpaired) electrons. The number of halogens is 1. The number of nitrogens with zero attached hydrogens (tertiary/aromatic N) is 3. The Morgan fingerprint density at radius 1 is 1.56 bits per heavy atom. The summed E-state index contributed by atoms with van der Waals surface area (Å²) in [6, 6.07) is 3.77. The minimum absolute atomic E-state index is 0.186. The highest BCUT2D eigenvalue weighted by Crippen LogP contribution is 2.23. The highest BCUT2D eigenvalue weighted by Gasteiger charge is 2.15. The fourth-order valence-electron chi connectivity index (χ4n) is 1.84. The van der Waals surface area contributed by atoms with Crippen molar-refractivity contribution in [3.63, 3.8) is 0 Å². The van der Waals surface area contributed by atoms with Crippen molar-refractivity contribution < 1.29 is 4.21 Å². The van der Waals surface area contributed by atoms with Crippen molar-refractivity contribution in [2.24, 2.45) is 0 Å². The summed E-state index contributed by atoms with van der Waals surface area (Å²) >= 11 is 6.14. The quantitative estimate of drug-likeness (QED) is 0.793. The van der Waals surface area contributed by atoms with Crippen LogP contribution in [0.1, 0.15) is 25.0 Å². The van der Waals surface area contributed by atoms with Crippen LogP contribution in [-0.2, 0) is 17.3 Å². The van der Waals surface area contributed by atoms with E-state index in [0.29, 0.717) is 18.1 Å². The molecule has 0 bridgehead atoms. The SMILES string of the molecule is CCS(=O)CCn1c(C(C)Cl)nc2cccnc21. The van der Waals surface area contributed by atoms with Crippen molar-refractivity contribution in [1.82, 2.24) is 14.5 Å². The molecule has 0 fully saturated rings. The Balaban J connectivity index is 2.39. The maximum Gasteiger partial charge on any atom is 0.160 e. The van der Waals surface area contributed by atoms with Gasteiger partial charge < -0.3 is 4.57 Å². The fraction of sp³-hybridized carbons (Fsp3) is 0.500. The Labute approximate surface area is 114 Å². The Kier molecular flexibility index (Phi) is 4.35. The lowest BCUT2D eigenvalue weighted by Crippen LogP contribution is -2.12. The van der Waals surface area contributed by atoms with E-state index in [9.17, 15) is 4.21 Å². The Hall–Kier alpha value is -0.940. The van der Waals surface area contributed by atoms with Gasteiger partial charge in [-0.3, -0.25) is 4.21 Å². The minimum atomic E-state index is -0.795. The number of pyridine rings is 1. The molecular formula is C12H16ClN3OS. The standard InChI is InChI=1S/C12H16ClN3OS/c1-3-18(17)8-7-16-11(9(2)13)15-10-5-4-6-14-12(10)16/h4-6,9H,3,7-8H2,1-2H3. The number of hydrogen-bond acceptors (Lipinski definition) is 3. The average molecular weight is 286 g/mol. The van der Waals surface area contributed by atoms with Gasteiger partial charge >= 0.3 is 0 Å². The first-order valence-electron chi connectivity index (χ1n) is 5.93. The van der Waals surface area contributed by atoms with Crippen LogP contribution in [0.15, 0.2) is 18.3 Å². The molecule has 2 rings (SSSR count). The van der Waals surface area contributed by atoms with Crippen molar-refractivity contribution in [1.29, 1.82) is 0 Å². The van der Waals surface area contributed by atoms with Crippen LogP contribution in [0.4, 0.5) is 0 Å². The molecule has 6 heteroatoms. The van der Waals surface area contributed by atoms with Gasteiger partial charge in [-0.15, -0.1) is 11.6 Å². The van der Waals surface area contributed by atoms with Gasteiger partial charge in [-0.2, -0.15) is 0 Å². The van der Waals surface area contributed by atoms with Crippen LogP contribution in [0.25, 0.3) is 11.2 Å². The average Bonchev–Trinajstić information content (AvgIpc) is 2.75. The van der Waals surface area contributed by atoms with Gasteiger partial charge in [-0.1, -0.05) is 6.92 Å². The molecule has 0 aliphatic rings. The van der Waals surface area contributed by atoms with Crippen molar-refractivity contribution in [2.75, 3.05) is 11.5 Å². The fourth-order valence-corrected chi connectivity index (χ4v) is 2.68. The molecule has 2 atom stereocenters. The lowest BCUT2D eigenvalue weighted by molar-refractivity contribution is 0.668. The van der Waals surface area contributed by atoms with E-state index in [1.807, 2.05) is 30.5 Å². The predicted molar refractivity (Wildman–Crippen MR) is 75.3 cm³/mol. The number of hydrogen-bond donors (Lipinski definition) is 0. The molecule has 4 nitrogen and oxygen atoms in total. The van der Waals surface area contributed by atoms with E-state index in [0.717, 1.165) is 17.0 Å². The first-order chi connectivity index (χ1) is 8.63. The van der Waals surface area contributed by atoms with Crippen LogP contribution in [-0.4, -0.2) is 30.2 Å². The molecule has 0 saturated carbocycles. The second kappa shape index (κ2) is 5.80. The molecule has 0 amide bonds. The topological polar surface area (TPSA) is 47.8 Å². The van der Waals surface area contributed by atoms with E-state index in [2.05, 4.69) is 9.97 Å². The van der Waals surface area contributed by atoms with Crippen LogP contribution in [0.5, 0.6) is 0 Å². The number of rotatable bonds is 5. The lowest BCUT2D eigenvalue weighted by Gasteiger charge is -2.09. The maximum absolute atomic E-state index is 11.5. The first-order valence-corrected chi connectivity index (χ1v) is 7.86. The molecule has 0 aliphatic carbocycles. The zero-order valence-corrected chi connectivity index (χ0v) is 12.0. The zero-order valence-electron chi connectivity index (χ0n) is 10.5. The van der Waals surface area contributed by atoms with Gasteiger partial charge in [0.2, 0.25) is 0 Å². The molecular weight excluding hydrogens is 270 g/mol. The number of imidazole rings is 1. The number of fused-ring (bicyclic) bond motifs is 1. The Morgan fingerprint density at radius 2 is 2.33 bits per heavy atom. The second-order valence-corrected chi connectivity index (χ2v) is 6.54. The molecule has 2 unspecified atom stereocenters. The zero-order chi connectivity index (χ0) is 13.1. The summed E-state index contributed by atoms with van der Waals surface area (Å²) in [6.07, 6.45) is 1.74. The number of aromatic nitrogens is 3. The molecule has 0 aliphatic heterocycles.